The molecule has 1 aliphatic rings. The van der Waals surface area contributed by atoms with E-state index >= 15 is 0 Å². The minimum Gasteiger partial charge on any atom is -0.364 e. The van der Waals surface area contributed by atoms with Gasteiger partial charge in [-0.1, -0.05) is 30.8 Å². The van der Waals surface area contributed by atoms with E-state index in [0.717, 1.165) is 30.4 Å². The van der Waals surface area contributed by atoms with Crippen LogP contribution in [0.4, 0.5) is 0 Å². The third-order valence-corrected chi connectivity index (χ3v) is 5.06. The quantitative estimate of drug-likeness (QED) is 0.898. The van der Waals surface area contributed by atoms with Gasteiger partial charge < -0.3 is 9.84 Å². The number of aryl methyl sites for hydroxylation is 1. The predicted molar refractivity (Wildman–Crippen MR) is 78.5 cm³/mol. The van der Waals surface area contributed by atoms with Crippen molar-refractivity contribution in [2.24, 2.45) is 10.4 Å². The summed E-state index contributed by atoms with van der Waals surface area (Å²) in [5, 5.41) is 8.17. The van der Waals surface area contributed by atoms with Gasteiger partial charge in [0.25, 0.3) is 0 Å². The molecule has 106 valence electrons. The lowest BCUT2D eigenvalue weighted by Crippen LogP contribution is -2.35. The Hall–Kier alpha value is -1.04. The zero-order chi connectivity index (χ0) is 13.7. The van der Waals surface area contributed by atoms with E-state index in [0.29, 0.717) is 17.1 Å². The first kappa shape index (κ1) is 14.4. The van der Waals surface area contributed by atoms with Crippen molar-refractivity contribution in [2.45, 2.75) is 40.0 Å². The Balaban J connectivity index is 1.77. The number of amidine groups is 1. The number of rotatable bonds is 5. The molecule has 2 heterocycles. The van der Waals surface area contributed by atoms with Crippen molar-refractivity contribution in [2.75, 3.05) is 18.8 Å². The SMILES string of the molecule is CCC1(CC)CN=C(NCCc2nc(C)no2)SC1. The van der Waals surface area contributed by atoms with Crippen LogP contribution in [0.3, 0.4) is 0 Å². The maximum atomic E-state index is 5.07. The largest absolute Gasteiger partial charge is 0.364 e. The fraction of sp³-hybridized carbons (Fsp3) is 0.769. The van der Waals surface area contributed by atoms with Gasteiger partial charge in [0.2, 0.25) is 5.89 Å². The minimum atomic E-state index is 0.402. The summed E-state index contributed by atoms with van der Waals surface area (Å²) >= 11 is 1.83. The molecule has 0 aromatic carbocycles. The summed E-state index contributed by atoms with van der Waals surface area (Å²) < 4.78 is 5.07. The second kappa shape index (κ2) is 6.41. The highest BCUT2D eigenvalue weighted by molar-refractivity contribution is 8.13. The van der Waals surface area contributed by atoms with Crippen LogP contribution in [0.25, 0.3) is 0 Å². The number of hydrogen-bond donors (Lipinski definition) is 1. The van der Waals surface area contributed by atoms with E-state index < -0.39 is 0 Å². The van der Waals surface area contributed by atoms with Gasteiger partial charge in [0, 0.05) is 25.3 Å². The Morgan fingerprint density at radius 1 is 1.37 bits per heavy atom. The van der Waals surface area contributed by atoms with Crippen LogP contribution in [0.2, 0.25) is 0 Å². The molecule has 1 aromatic heterocycles. The van der Waals surface area contributed by atoms with Crippen molar-refractivity contribution < 1.29 is 4.52 Å². The second-order valence-electron chi connectivity index (χ2n) is 5.03. The summed E-state index contributed by atoms with van der Waals surface area (Å²) in [6.45, 7) is 8.08. The summed E-state index contributed by atoms with van der Waals surface area (Å²) in [4.78, 5) is 8.84. The Morgan fingerprint density at radius 2 is 2.16 bits per heavy atom. The predicted octanol–water partition coefficient (Wildman–Crippen LogP) is 2.42. The molecule has 19 heavy (non-hydrogen) atoms. The van der Waals surface area contributed by atoms with Gasteiger partial charge >= 0.3 is 0 Å². The molecular formula is C13H22N4OS. The molecule has 0 bridgehead atoms. The molecule has 1 aliphatic heterocycles. The molecule has 0 spiro atoms. The zero-order valence-electron chi connectivity index (χ0n) is 11.9. The number of aromatic nitrogens is 2. The van der Waals surface area contributed by atoms with E-state index in [2.05, 4.69) is 34.3 Å². The van der Waals surface area contributed by atoms with Gasteiger partial charge in [0.15, 0.2) is 11.0 Å². The fourth-order valence-electron chi connectivity index (χ4n) is 2.05. The van der Waals surface area contributed by atoms with E-state index in [-0.39, 0.29) is 0 Å². The zero-order valence-corrected chi connectivity index (χ0v) is 12.7. The molecule has 0 atom stereocenters. The number of nitrogens with zero attached hydrogens (tertiary/aromatic N) is 3. The monoisotopic (exact) mass is 282 g/mol. The Morgan fingerprint density at radius 3 is 2.68 bits per heavy atom. The average molecular weight is 282 g/mol. The first-order valence-electron chi connectivity index (χ1n) is 6.88. The number of aliphatic imine (C=N–C) groups is 1. The van der Waals surface area contributed by atoms with Crippen molar-refractivity contribution in [1.29, 1.82) is 0 Å². The van der Waals surface area contributed by atoms with Crippen molar-refractivity contribution in [3.8, 4) is 0 Å². The molecule has 6 heteroatoms. The molecule has 0 saturated carbocycles. The smallest absolute Gasteiger partial charge is 0.228 e. The summed E-state index contributed by atoms with van der Waals surface area (Å²) in [6, 6.07) is 0. The van der Waals surface area contributed by atoms with Crippen LogP contribution in [0.15, 0.2) is 9.52 Å². The van der Waals surface area contributed by atoms with Gasteiger partial charge in [-0.2, -0.15) is 4.98 Å². The lowest BCUT2D eigenvalue weighted by atomic mass is 9.84. The summed E-state index contributed by atoms with van der Waals surface area (Å²) in [7, 11) is 0. The maximum absolute atomic E-state index is 5.07. The normalized spacial score (nSPS) is 18.2. The van der Waals surface area contributed by atoms with Gasteiger partial charge in [0.05, 0.1) is 0 Å². The van der Waals surface area contributed by atoms with E-state index in [1.165, 1.54) is 12.8 Å². The van der Waals surface area contributed by atoms with Crippen LogP contribution in [0.1, 0.15) is 38.4 Å². The summed E-state index contributed by atoms with van der Waals surface area (Å²) in [5.41, 5.74) is 0.402. The van der Waals surface area contributed by atoms with Crippen LogP contribution in [-0.4, -0.2) is 34.2 Å². The van der Waals surface area contributed by atoms with Gasteiger partial charge in [0.1, 0.15) is 0 Å². The van der Waals surface area contributed by atoms with E-state index in [9.17, 15) is 0 Å². The number of hydrogen-bond acceptors (Lipinski definition) is 6. The molecule has 0 unspecified atom stereocenters. The fourth-order valence-corrected chi connectivity index (χ4v) is 3.36. The lowest BCUT2D eigenvalue weighted by molar-refractivity contribution is 0.318. The van der Waals surface area contributed by atoms with Gasteiger partial charge in [-0.05, 0) is 25.2 Å². The Kier molecular flexibility index (Phi) is 4.85. The first-order chi connectivity index (χ1) is 9.17. The highest BCUT2D eigenvalue weighted by Gasteiger charge is 2.29. The highest BCUT2D eigenvalue weighted by atomic mass is 32.2. The van der Waals surface area contributed by atoms with Crippen molar-refractivity contribution in [3.05, 3.63) is 11.7 Å². The molecule has 5 nitrogen and oxygen atoms in total. The van der Waals surface area contributed by atoms with Crippen molar-refractivity contribution in [3.63, 3.8) is 0 Å². The maximum Gasteiger partial charge on any atom is 0.228 e. The molecular weight excluding hydrogens is 260 g/mol. The molecule has 2 rings (SSSR count). The van der Waals surface area contributed by atoms with E-state index in [1.807, 2.05) is 18.7 Å². The second-order valence-corrected chi connectivity index (χ2v) is 5.99. The highest BCUT2D eigenvalue weighted by Crippen LogP contribution is 2.34. The van der Waals surface area contributed by atoms with Gasteiger partial charge in [-0.15, -0.1) is 0 Å². The van der Waals surface area contributed by atoms with Crippen LogP contribution >= 0.6 is 11.8 Å². The molecule has 1 aromatic rings. The number of thioether (sulfide) groups is 1. The molecule has 0 aliphatic carbocycles. The molecule has 0 saturated heterocycles. The van der Waals surface area contributed by atoms with E-state index in [4.69, 9.17) is 4.52 Å². The van der Waals surface area contributed by atoms with Gasteiger partial charge in [-0.3, -0.25) is 4.99 Å². The molecule has 0 fully saturated rings. The van der Waals surface area contributed by atoms with Crippen LogP contribution in [0.5, 0.6) is 0 Å². The van der Waals surface area contributed by atoms with Crippen molar-refractivity contribution in [1.82, 2.24) is 15.5 Å². The molecule has 0 amide bonds. The average Bonchev–Trinajstić information content (AvgIpc) is 2.86. The third-order valence-electron chi connectivity index (χ3n) is 3.76. The molecule has 0 radical (unpaired) electrons. The summed E-state index contributed by atoms with van der Waals surface area (Å²) in [5.74, 6) is 2.53. The minimum absolute atomic E-state index is 0.402. The van der Waals surface area contributed by atoms with Crippen LogP contribution in [0, 0.1) is 12.3 Å². The molecule has 1 N–H and O–H groups in total. The van der Waals surface area contributed by atoms with Crippen LogP contribution in [-0.2, 0) is 6.42 Å². The van der Waals surface area contributed by atoms with Crippen molar-refractivity contribution >= 4 is 16.9 Å². The van der Waals surface area contributed by atoms with Crippen LogP contribution < -0.4 is 5.32 Å². The van der Waals surface area contributed by atoms with Gasteiger partial charge in [-0.25, -0.2) is 0 Å². The number of nitrogens with one attached hydrogen (secondary N) is 1. The van der Waals surface area contributed by atoms with E-state index in [1.54, 1.807) is 0 Å². The standard InChI is InChI=1S/C13H22N4OS/c1-4-13(5-2)8-15-12(19-9-13)14-7-6-11-16-10(3)17-18-11/h4-9H2,1-3H3,(H,14,15). The third kappa shape index (κ3) is 3.72. The summed E-state index contributed by atoms with van der Waals surface area (Å²) in [6.07, 6.45) is 3.15. The topological polar surface area (TPSA) is 63.3 Å². The first-order valence-corrected chi connectivity index (χ1v) is 7.86. The Labute approximate surface area is 118 Å². The lowest BCUT2D eigenvalue weighted by Gasteiger charge is -2.33. The Bertz CT molecular complexity index is 440.